The molecule has 37 heavy (non-hydrogen) atoms. The zero-order valence-electron chi connectivity index (χ0n) is 21.0. The Morgan fingerprint density at radius 2 is 1.78 bits per heavy atom. The molecular formula is C26H26Cl2N4O4S. The summed E-state index contributed by atoms with van der Waals surface area (Å²) in [5, 5.41) is 1.96. The van der Waals surface area contributed by atoms with Gasteiger partial charge in [-0.2, -0.15) is 4.98 Å². The van der Waals surface area contributed by atoms with Crippen LogP contribution >= 0.6 is 35.1 Å². The molecule has 0 aliphatic rings. The third-order valence-corrected chi connectivity index (χ3v) is 6.50. The van der Waals surface area contributed by atoms with Crippen molar-refractivity contribution in [3.63, 3.8) is 0 Å². The molecule has 11 heteroatoms. The Morgan fingerprint density at radius 3 is 2.43 bits per heavy atom. The molecule has 0 aliphatic carbocycles. The smallest absolute Gasteiger partial charge is 0.327 e. The van der Waals surface area contributed by atoms with E-state index in [2.05, 4.69) is 9.97 Å². The summed E-state index contributed by atoms with van der Waals surface area (Å²) in [6.45, 7) is 5.53. The van der Waals surface area contributed by atoms with Gasteiger partial charge in [-0.1, -0.05) is 23.2 Å². The van der Waals surface area contributed by atoms with Gasteiger partial charge < -0.3 is 23.1 Å². The summed E-state index contributed by atoms with van der Waals surface area (Å²) in [6, 6.07) is 13.3. The van der Waals surface area contributed by atoms with Crippen LogP contribution in [-0.4, -0.2) is 46.9 Å². The van der Waals surface area contributed by atoms with Gasteiger partial charge in [0.2, 0.25) is 5.88 Å². The molecule has 2 aromatic carbocycles. The zero-order chi connectivity index (χ0) is 26.7. The van der Waals surface area contributed by atoms with E-state index in [1.54, 1.807) is 31.5 Å². The lowest BCUT2D eigenvalue weighted by atomic mass is 10.2. The summed E-state index contributed by atoms with van der Waals surface area (Å²) in [5.41, 5.74) is 1.77. The van der Waals surface area contributed by atoms with Gasteiger partial charge in [-0.05, 0) is 75.2 Å². The minimum atomic E-state index is -0.604. The summed E-state index contributed by atoms with van der Waals surface area (Å²) in [6.07, 6.45) is 3.55. The van der Waals surface area contributed by atoms with Crippen molar-refractivity contribution < 1.29 is 19.0 Å². The van der Waals surface area contributed by atoms with Gasteiger partial charge in [0.05, 0.1) is 25.9 Å². The van der Waals surface area contributed by atoms with E-state index in [-0.39, 0.29) is 18.5 Å². The highest BCUT2D eigenvalue weighted by Gasteiger charge is 2.21. The molecule has 2 heterocycles. The largest absolute Gasteiger partial charge is 0.479 e. The van der Waals surface area contributed by atoms with Gasteiger partial charge in [-0.25, -0.2) is 4.98 Å². The number of ether oxygens (including phenoxy) is 3. The Labute approximate surface area is 229 Å². The second-order valence-corrected chi connectivity index (χ2v) is 11.0. The van der Waals surface area contributed by atoms with Gasteiger partial charge >= 0.3 is 12.0 Å². The van der Waals surface area contributed by atoms with Crippen molar-refractivity contribution in [2.45, 2.75) is 31.3 Å². The number of esters is 1. The summed E-state index contributed by atoms with van der Waals surface area (Å²) >= 11 is 13.8. The highest BCUT2D eigenvalue weighted by atomic mass is 35.5. The normalized spacial score (nSPS) is 11.4. The lowest BCUT2D eigenvalue weighted by molar-refractivity contribution is -0.152. The highest BCUT2D eigenvalue weighted by molar-refractivity contribution is 8.00. The molecule has 0 aliphatic heterocycles. The van der Waals surface area contributed by atoms with Crippen LogP contribution in [0.5, 0.6) is 11.9 Å². The second-order valence-electron chi connectivity index (χ2n) is 9.00. The fourth-order valence-corrected chi connectivity index (χ4v) is 5.29. The fourth-order valence-electron chi connectivity index (χ4n) is 3.63. The summed E-state index contributed by atoms with van der Waals surface area (Å²) in [5.74, 6) is 0.0271. The average molecular weight is 561 g/mol. The Morgan fingerprint density at radius 1 is 1.05 bits per heavy atom. The minimum Gasteiger partial charge on any atom is -0.479 e. The predicted molar refractivity (Wildman–Crippen MR) is 147 cm³/mol. The summed E-state index contributed by atoms with van der Waals surface area (Å²) in [4.78, 5) is 22.1. The van der Waals surface area contributed by atoms with Crippen LogP contribution in [0, 0.1) is 0 Å². The monoisotopic (exact) mass is 560 g/mol. The number of nitrogens with zero attached hydrogens (tertiary/aromatic N) is 4. The SMILES string of the molecule is COc1ncc(-n2ccc3cc(N(CC(=O)OC(C)(C)C)Sc4cc(Cl)cc(Cl)c4)ccc32)c(OC)n1. The van der Waals surface area contributed by atoms with E-state index in [1.165, 1.54) is 19.1 Å². The van der Waals surface area contributed by atoms with Crippen LogP contribution in [-0.2, 0) is 9.53 Å². The molecule has 0 saturated carbocycles. The molecular weight excluding hydrogens is 535 g/mol. The van der Waals surface area contributed by atoms with Crippen molar-refractivity contribution in [1.29, 1.82) is 0 Å². The zero-order valence-corrected chi connectivity index (χ0v) is 23.3. The van der Waals surface area contributed by atoms with Crippen molar-refractivity contribution >= 4 is 57.7 Å². The van der Waals surface area contributed by atoms with E-state index in [1.807, 2.05) is 60.1 Å². The molecule has 0 radical (unpaired) electrons. The number of hydrogen-bond donors (Lipinski definition) is 0. The number of methoxy groups -OCH3 is 2. The van der Waals surface area contributed by atoms with Crippen LogP contribution < -0.4 is 13.8 Å². The van der Waals surface area contributed by atoms with Gasteiger partial charge in [-0.15, -0.1) is 0 Å². The van der Waals surface area contributed by atoms with Crippen LogP contribution in [0.25, 0.3) is 16.6 Å². The first-order chi connectivity index (χ1) is 17.6. The first-order valence-corrected chi connectivity index (χ1v) is 12.8. The number of anilines is 1. The van der Waals surface area contributed by atoms with Crippen LogP contribution in [0.2, 0.25) is 10.0 Å². The third kappa shape index (κ3) is 6.60. The standard InChI is InChI=1S/C26H26Cl2N4O4S/c1-26(2,3)36-23(33)15-32(37-20-12-17(27)11-18(28)13-20)19-6-7-21-16(10-19)8-9-31(21)22-14-29-25(35-5)30-24(22)34-4/h6-14H,15H2,1-5H3. The van der Waals surface area contributed by atoms with E-state index >= 15 is 0 Å². The molecule has 4 aromatic rings. The maximum Gasteiger partial charge on any atom is 0.327 e. The van der Waals surface area contributed by atoms with Crippen molar-refractivity contribution in [1.82, 2.24) is 14.5 Å². The summed E-state index contributed by atoms with van der Waals surface area (Å²) < 4.78 is 19.9. The molecule has 0 atom stereocenters. The molecule has 0 N–H and O–H groups in total. The topological polar surface area (TPSA) is 78.7 Å². The van der Waals surface area contributed by atoms with Crippen LogP contribution in [0.4, 0.5) is 5.69 Å². The number of benzene rings is 2. The molecule has 0 spiro atoms. The maximum atomic E-state index is 12.8. The molecule has 0 bridgehead atoms. The van der Waals surface area contributed by atoms with Crippen molar-refractivity contribution in [2.75, 3.05) is 25.1 Å². The predicted octanol–water partition coefficient (Wildman–Crippen LogP) is 6.60. The average Bonchev–Trinajstić information content (AvgIpc) is 3.24. The third-order valence-electron chi connectivity index (χ3n) is 5.06. The van der Waals surface area contributed by atoms with Crippen molar-refractivity contribution in [3.8, 4) is 17.6 Å². The Bertz CT molecular complexity index is 1420. The van der Waals surface area contributed by atoms with Gasteiger partial charge in [0.1, 0.15) is 17.8 Å². The lowest BCUT2D eigenvalue weighted by Gasteiger charge is -2.26. The van der Waals surface area contributed by atoms with Gasteiger partial charge in [0, 0.05) is 32.2 Å². The van der Waals surface area contributed by atoms with E-state index in [9.17, 15) is 4.79 Å². The number of rotatable bonds is 8. The molecule has 2 aromatic heterocycles. The summed E-state index contributed by atoms with van der Waals surface area (Å²) in [7, 11) is 3.04. The number of carbonyl (C=O) groups is 1. The molecule has 0 fully saturated rings. The molecule has 8 nitrogen and oxygen atoms in total. The Kier molecular flexibility index (Phi) is 8.06. The number of hydrogen-bond acceptors (Lipinski definition) is 8. The highest BCUT2D eigenvalue weighted by Crippen LogP contribution is 2.35. The van der Waals surface area contributed by atoms with E-state index in [4.69, 9.17) is 37.4 Å². The van der Waals surface area contributed by atoms with Gasteiger partial charge in [-0.3, -0.25) is 4.79 Å². The van der Waals surface area contributed by atoms with E-state index in [0.717, 1.165) is 21.5 Å². The minimum absolute atomic E-state index is 0.0123. The maximum absolute atomic E-state index is 12.8. The van der Waals surface area contributed by atoms with Crippen molar-refractivity contribution in [2.24, 2.45) is 0 Å². The Balaban J connectivity index is 1.71. The van der Waals surface area contributed by atoms with Crippen LogP contribution in [0.15, 0.2) is 59.8 Å². The Hall–Kier alpha value is -3.14. The molecule has 0 unspecified atom stereocenters. The second kappa shape index (κ2) is 11.1. The van der Waals surface area contributed by atoms with Gasteiger partial charge in [0.15, 0.2) is 0 Å². The fraction of sp³-hybridized carbons (Fsp3) is 0.269. The molecule has 0 amide bonds. The number of fused-ring (bicyclic) bond motifs is 1. The first kappa shape index (κ1) is 26.9. The van der Waals surface area contributed by atoms with Crippen molar-refractivity contribution in [3.05, 3.63) is 64.9 Å². The van der Waals surface area contributed by atoms with Crippen LogP contribution in [0.1, 0.15) is 20.8 Å². The van der Waals surface area contributed by atoms with E-state index < -0.39 is 5.60 Å². The first-order valence-electron chi connectivity index (χ1n) is 11.3. The quantitative estimate of drug-likeness (QED) is 0.176. The molecule has 0 saturated heterocycles. The molecule has 4 rings (SSSR count). The molecule has 194 valence electrons. The number of aromatic nitrogens is 3. The lowest BCUT2D eigenvalue weighted by Crippen LogP contribution is -2.31. The van der Waals surface area contributed by atoms with Crippen LogP contribution in [0.3, 0.4) is 0 Å². The number of halogens is 2. The van der Waals surface area contributed by atoms with E-state index in [0.29, 0.717) is 21.6 Å². The number of carbonyl (C=O) groups excluding carboxylic acids is 1. The van der Waals surface area contributed by atoms with Gasteiger partial charge in [0.25, 0.3) is 0 Å².